The van der Waals surface area contributed by atoms with Crippen molar-refractivity contribution in [2.24, 2.45) is 0 Å². The molecular formula is C18H22N2O2S. The SMILES string of the molecule is Cc1cc(C(=O)N2CC(C)S(=O)C(C)C2)c2nccc(C)c2c1. The number of aryl methyl sites for hydroxylation is 2. The van der Waals surface area contributed by atoms with Crippen LogP contribution in [-0.4, -0.2) is 43.6 Å². The van der Waals surface area contributed by atoms with E-state index in [2.05, 4.69) is 11.1 Å². The third kappa shape index (κ3) is 2.90. The van der Waals surface area contributed by atoms with Crippen molar-refractivity contribution in [2.75, 3.05) is 13.1 Å². The third-order valence-corrected chi connectivity index (χ3v) is 6.36. The van der Waals surface area contributed by atoms with Crippen LogP contribution < -0.4 is 0 Å². The minimum atomic E-state index is -0.868. The number of hydrogen-bond acceptors (Lipinski definition) is 3. The number of hydrogen-bond donors (Lipinski definition) is 0. The molecule has 1 saturated heterocycles. The molecule has 1 aliphatic heterocycles. The van der Waals surface area contributed by atoms with Crippen LogP contribution in [0.1, 0.15) is 35.3 Å². The predicted octanol–water partition coefficient (Wildman–Crippen LogP) is 2.83. The van der Waals surface area contributed by atoms with Gasteiger partial charge in [0.25, 0.3) is 5.91 Å². The number of fused-ring (bicyclic) bond motifs is 1. The minimum Gasteiger partial charge on any atom is -0.336 e. The molecule has 1 aromatic carbocycles. The zero-order valence-electron chi connectivity index (χ0n) is 14.0. The number of pyridine rings is 1. The summed E-state index contributed by atoms with van der Waals surface area (Å²) < 4.78 is 12.1. The molecule has 1 fully saturated rings. The Hall–Kier alpha value is -1.75. The lowest BCUT2D eigenvalue weighted by molar-refractivity contribution is 0.0753. The molecule has 0 radical (unpaired) electrons. The Bertz CT molecular complexity index is 789. The minimum absolute atomic E-state index is 0.00722. The highest BCUT2D eigenvalue weighted by Crippen LogP contribution is 2.25. The largest absolute Gasteiger partial charge is 0.336 e. The van der Waals surface area contributed by atoms with Crippen molar-refractivity contribution in [2.45, 2.75) is 38.2 Å². The summed E-state index contributed by atoms with van der Waals surface area (Å²) in [7, 11) is -0.868. The molecule has 3 rings (SSSR count). The first-order chi connectivity index (χ1) is 10.9. The van der Waals surface area contributed by atoms with E-state index in [1.54, 1.807) is 6.20 Å². The molecular weight excluding hydrogens is 308 g/mol. The average Bonchev–Trinajstić information content (AvgIpc) is 2.51. The van der Waals surface area contributed by atoms with Crippen molar-refractivity contribution in [3.8, 4) is 0 Å². The van der Waals surface area contributed by atoms with Gasteiger partial charge in [-0.2, -0.15) is 0 Å². The first-order valence-corrected chi connectivity index (χ1v) is 9.20. The highest BCUT2D eigenvalue weighted by molar-refractivity contribution is 7.86. The van der Waals surface area contributed by atoms with Crippen LogP contribution in [0.2, 0.25) is 0 Å². The summed E-state index contributed by atoms with van der Waals surface area (Å²) in [6.45, 7) is 9.00. The number of amides is 1. The van der Waals surface area contributed by atoms with Gasteiger partial charge in [0.2, 0.25) is 0 Å². The van der Waals surface area contributed by atoms with E-state index < -0.39 is 10.8 Å². The Morgan fingerprint density at radius 2 is 1.87 bits per heavy atom. The molecule has 23 heavy (non-hydrogen) atoms. The van der Waals surface area contributed by atoms with Crippen LogP contribution in [0.15, 0.2) is 24.4 Å². The molecule has 0 N–H and O–H groups in total. The third-order valence-electron chi connectivity index (χ3n) is 4.47. The second kappa shape index (κ2) is 6.04. The lowest BCUT2D eigenvalue weighted by Crippen LogP contribution is -2.49. The quantitative estimate of drug-likeness (QED) is 0.808. The smallest absolute Gasteiger partial charge is 0.256 e. The molecule has 0 bridgehead atoms. The Morgan fingerprint density at radius 3 is 2.52 bits per heavy atom. The van der Waals surface area contributed by atoms with Crippen LogP contribution in [0, 0.1) is 13.8 Å². The maximum atomic E-state index is 13.1. The summed E-state index contributed by atoms with van der Waals surface area (Å²) in [5.41, 5.74) is 3.58. The number of aromatic nitrogens is 1. The highest BCUT2D eigenvalue weighted by Gasteiger charge is 2.32. The molecule has 0 aliphatic carbocycles. The molecule has 2 heterocycles. The molecule has 4 nitrogen and oxygen atoms in total. The molecule has 2 atom stereocenters. The van der Waals surface area contributed by atoms with E-state index in [0.29, 0.717) is 18.7 Å². The second-order valence-corrected chi connectivity index (χ2v) is 8.76. The highest BCUT2D eigenvalue weighted by atomic mass is 32.2. The van der Waals surface area contributed by atoms with E-state index >= 15 is 0 Å². The Morgan fingerprint density at radius 1 is 1.22 bits per heavy atom. The van der Waals surface area contributed by atoms with Crippen molar-refractivity contribution >= 4 is 27.6 Å². The van der Waals surface area contributed by atoms with Crippen LogP contribution in [0.3, 0.4) is 0 Å². The first kappa shape index (κ1) is 16.1. The van der Waals surface area contributed by atoms with Gasteiger partial charge in [0, 0.05) is 46.0 Å². The van der Waals surface area contributed by atoms with Gasteiger partial charge in [0.1, 0.15) is 0 Å². The van der Waals surface area contributed by atoms with E-state index in [9.17, 15) is 9.00 Å². The van der Waals surface area contributed by atoms with Crippen molar-refractivity contribution in [3.63, 3.8) is 0 Å². The fraction of sp³-hybridized carbons (Fsp3) is 0.444. The van der Waals surface area contributed by atoms with Crippen LogP contribution >= 0.6 is 0 Å². The molecule has 0 saturated carbocycles. The molecule has 1 aromatic heterocycles. The summed E-state index contributed by atoms with van der Waals surface area (Å²) in [4.78, 5) is 19.3. The molecule has 122 valence electrons. The molecule has 1 aliphatic rings. The van der Waals surface area contributed by atoms with Gasteiger partial charge in [-0.3, -0.25) is 14.0 Å². The van der Waals surface area contributed by atoms with Gasteiger partial charge in [-0.05, 0) is 57.0 Å². The lowest BCUT2D eigenvalue weighted by atomic mass is 10.0. The molecule has 0 spiro atoms. The molecule has 2 aromatic rings. The van der Waals surface area contributed by atoms with E-state index in [1.165, 1.54) is 0 Å². The maximum Gasteiger partial charge on any atom is 0.256 e. The summed E-state index contributed by atoms with van der Waals surface area (Å²) >= 11 is 0. The lowest BCUT2D eigenvalue weighted by Gasteiger charge is -2.34. The number of carbonyl (C=O) groups is 1. The number of nitrogens with zero attached hydrogens (tertiary/aromatic N) is 2. The molecule has 1 amide bonds. The number of carbonyl (C=O) groups excluding carboxylic acids is 1. The predicted molar refractivity (Wildman–Crippen MR) is 94.2 cm³/mol. The van der Waals surface area contributed by atoms with Crippen LogP contribution in [0.25, 0.3) is 10.9 Å². The van der Waals surface area contributed by atoms with Gasteiger partial charge in [-0.1, -0.05) is 0 Å². The monoisotopic (exact) mass is 330 g/mol. The van der Waals surface area contributed by atoms with Gasteiger partial charge in [0.05, 0.1) is 11.1 Å². The maximum absolute atomic E-state index is 13.1. The summed E-state index contributed by atoms with van der Waals surface area (Å²) in [5.74, 6) is -0.00722. The van der Waals surface area contributed by atoms with Gasteiger partial charge in [-0.25, -0.2) is 0 Å². The Kier molecular flexibility index (Phi) is 4.23. The van der Waals surface area contributed by atoms with Crippen molar-refractivity contribution in [1.29, 1.82) is 0 Å². The summed E-state index contributed by atoms with van der Waals surface area (Å²) in [6, 6.07) is 5.95. The van der Waals surface area contributed by atoms with E-state index in [1.807, 2.05) is 44.7 Å². The normalized spacial score (nSPS) is 24.9. The van der Waals surface area contributed by atoms with Gasteiger partial charge < -0.3 is 4.90 Å². The summed E-state index contributed by atoms with van der Waals surface area (Å²) in [5, 5.41) is 1.04. The van der Waals surface area contributed by atoms with Crippen molar-refractivity contribution in [3.05, 3.63) is 41.1 Å². The van der Waals surface area contributed by atoms with Crippen LogP contribution in [0.4, 0.5) is 0 Å². The van der Waals surface area contributed by atoms with Crippen molar-refractivity contribution < 1.29 is 9.00 Å². The standard InChI is InChI=1S/C18H22N2O2S/c1-11-7-15-12(2)5-6-19-17(15)16(8-11)18(21)20-9-13(3)23(22)14(4)10-20/h5-8,13-14H,9-10H2,1-4H3. The fourth-order valence-electron chi connectivity index (χ4n) is 3.27. The topological polar surface area (TPSA) is 50.3 Å². The first-order valence-electron chi connectivity index (χ1n) is 7.93. The zero-order chi connectivity index (χ0) is 16.7. The van der Waals surface area contributed by atoms with Crippen LogP contribution in [-0.2, 0) is 10.8 Å². The molecule has 2 unspecified atom stereocenters. The number of benzene rings is 1. The number of rotatable bonds is 1. The van der Waals surface area contributed by atoms with Gasteiger partial charge in [-0.15, -0.1) is 0 Å². The van der Waals surface area contributed by atoms with Gasteiger partial charge in [0.15, 0.2) is 0 Å². The van der Waals surface area contributed by atoms with E-state index in [4.69, 9.17) is 0 Å². The van der Waals surface area contributed by atoms with Gasteiger partial charge >= 0.3 is 0 Å². The fourth-order valence-corrected chi connectivity index (χ4v) is 4.72. The average molecular weight is 330 g/mol. The van der Waals surface area contributed by atoms with E-state index in [0.717, 1.165) is 22.0 Å². The Balaban J connectivity index is 2.05. The second-order valence-electron chi connectivity index (χ2n) is 6.50. The Labute approximate surface area is 139 Å². The zero-order valence-corrected chi connectivity index (χ0v) is 14.8. The van der Waals surface area contributed by atoms with Crippen LogP contribution in [0.5, 0.6) is 0 Å². The molecule has 5 heteroatoms. The summed E-state index contributed by atoms with van der Waals surface area (Å²) in [6.07, 6.45) is 1.75. The van der Waals surface area contributed by atoms with E-state index in [-0.39, 0.29) is 16.4 Å². The van der Waals surface area contributed by atoms with Crippen molar-refractivity contribution in [1.82, 2.24) is 9.88 Å².